The summed E-state index contributed by atoms with van der Waals surface area (Å²) in [4.78, 5) is 0. The summed E-state index contributed by atoms with van der Waals surface area (Å²) in [6.45, 7) is 2.23. The topological polar surface area (TPSA) is 12.0 Å². The van der Waals surface area contributed by atoms with Crippen LogP contribution in [0.3, 0.4) is 0 Å². The van der Waals surface area contributed by atoms with Crippen molar-refractivity contribution in [2.45, 2.75) is 44.6 Å². The first-order valence-corrected chi connectivity index (χ1v) is 8.51. The Bertz CT molecular complexity index is 572. The number of benzene rings is 1. The first-order valence-electron chi connectivity index (χ1n) is 7.57. The van der Waals surface area contributed by atoms with Crippen LogP contribution in [0.5, 0.6) is 0 Å². The van der Waals surface area contributed by atoms with Crippen molar-refractivity contribution < 1.29 is 0 Å². The Morgan fingerprint density at radius 3 is 2.90 bits per heavy atom. The molecular formula is C18H23NS. The van der Waals surface area contributed by atoms with Gasteiger partial charge in [0.1, 0.15) is 0 Å². The standard InChI is InChI=1S/C18H23NS/c1-13-11-20-12-17(13)18(19-2)10-15-8-5-7-14-6-3-4-9-16(14)15/h3-4,6,9,11-12,15,18-19H,5,7-8,10H2,1-2H3. The van der Waals surface area contributed by atoms with Gasteiger partial charge in [-0.3, -0.25) is 0 Å². The van der Waals surface area contributed by atoms with Crippen LogP contribution >= 0.6 is 11.3 Å². The third kappa shape index (κ3) is 2.68. The molecule has 3 rings (SSSR count). The monoisotopic (exact) mass is 285 g/mol. The summed E-state index contributed by atoms with van der Waals surface area (Å²) in [5.41, 5.74) is 6.08. The van der Waals surface area contributed by atoms with Gasteiger partial charge in [-0.15, -0.1) is 0 Å². The molecule has 0 aliphatic heterocycles. The number of hydrogen-bond acceptors (Lipinski definition) is 2. The SMILES string of the molecule is CNC(CC1CCCc2ccccc21)c1cscc1C. The van der Waals surface area contributed by atoms with Gasteiger partial charge in [-0.05, 0) is 78.6 Å². The molecule has 1 aromatic heterocycles. The highest BCUT2D eigenvalue weighted by Gasteiger charge is 2.24. The van der Waals surface area contributed by atoms with E-state index < -0.39 is 0 Å². The van der Waals surface area contributed by atoms with Crippen molar-refractivity contribution in [3.8, 4) is 0 Å². The molecule has 0 spiro atoms. The molecule has 0 saturated carbocycles. The van der Waals surface area contributed by atoms with Crippen molar-refractivity contribution in [2.75, 3.05) is 7.05 Å². The largest absolute Gasteiger partial charge is 0.313 e. The lowest BCUT2D eigenvalue weighted by Gasteiger charge is -2.29. The Morgan fingerprint density at radius 1 is 1.30 bits per heavy atom. The van der Waals surface area contributed by atoms with E-state index >= 15 is 0 Å². The third-order valence-electron chi connectivity index (χ3n) is 4.63. The second-order valence-corrected chi connectivity index (χ2v) is 6.62. The average molecular weight is 285 g/mol. The number of rotatable bonds is 4. The van der Waals surface area contributed by atoms with Crippen molar-refractivity contribution in [3.05, 3.63) is 57.3 Å². The summed E-state index contributed by atoms with van der Waals surface area (Å²) in [7, 11) is 2.09. The Labute approximate surface area is 126 Å². The average Bonchev–Trinajstić information content (AvgIpc) is 2.91. The van der Waals surface area contributed by atoms with Gasteiger partial charge in [0.15, 0.2) is 0 Å². The minimum Gasteiger partial charge on any atom is -0.313 e. The zero-order valence-corrected chi connectivity index (χ0v) is 13.2. The molecule has 0 radical (unpaired) electrons. The second kappa shape index (κ2) is 6.11. The fraction of sp³-hybridized carbons (Fsp3) is 0.444. The smallest absolute Gasteiger partial charge is 0.0334 e. The van der Waals surface area contributed by atoms with Gasteiger partial charge in [0.25, 0.3) is 0 Å². The number of fused-ring (bicyclic) bond motifs is 1. The molecule has 1 nitrogen and oxygen atoms in total. The highest BCUT2D eigenvalue weighted by atomic mass is 32.1. The lowest BCUT2D eigenvalue weighted by Crippen LogP contribution is -2.21. The predicted molar refractivity (Wildman–Crippen MR) is 87.6 cm³/mol. The van der Waals surface area contributed by atoms with Gasteiger partial charge in [-0.25, -0.2) is 0 Å². The van der Waals surface area contributed by atoms with E-state index in [9.17, 15) is 0 Å². The maximum absolute atomic E-state index is 3.53. The van der Waals surface area contributed by atoms with Gasteiger partial charge < -0.3 is 5.32 Å². The lowest BCUT2D eigenvalue weighted by molar-refractivity contribution is 0.439. The van der Waals surface area contributed by atoms with Gasteiger partial charge in [0, 0.05) is 6.04 Å². The minimum atomic E-state index is 0.484. The van der Waals surface area contributed by atoms with E-state index in [-0.39, 0.29) is 0 Å². The lowest BCUT2D eigenvalue weighted by atomic mass is 9.78. The predicted octanol–water partition coefficient (Wildman–Crippen LogP) is 4.83. The molecule has 2 aromatic rings. The summed E-state index contributed by atoms with van der Waals surface area (Å²) in [5, 5.41) is 8.10. The van der Waals surface area contributed by atoms with Gasteiger partial charge in [-0.2, -0.15) is 11.3 Å². The van der Waals surface area contributed by atoms with Crippen LogP contribution in [0.4, 0.5) is 0 Å². The Hall–Kier alpha value is -1.12. The molecule has 2 heteroatoms. The normalized spacial score (nSPS) is 19.6. The molecule has 0 amide bonds. The summed E-state index contributed by atoms with van der Waals surface area (Å²) in [5.74, 6) is 0.705. The Balaban J connectivity index is 1.82. The molecule has 2 atom stereocenters. The molecule has 1 aromatic carbocycles. The molecule has 1 heterocycles. The number of nitrogens with one attached hydrogen (secondary N) is 1. The van der Waals surface area contributed by atoms with E-state index in [4.69, 9.17) is 0 Å². The maximum atomic E-state index is 3.53. The van der Waals surface area contributed by atoms with Crippen LogP contribution in [-0.4, -0.2) is 7.05 Å². The zero-order valence-electron chi connectivity index (χ0n) is 12.4. The highest BCUT2D eigenvalue weighted by molar-refractivity contribution is 7.08. The van der Waals surface area contributed by atoms with Crippen molar-refractivity contribution in [1.29, 1.82) is 0 Å². The molecule has 2 unspecified atom stereocenters. The molecule has 0 bridgehead atoms. The summed E-state index contributed by atoms with van der Waals surface area (Å²) >= 11 is 1.82. The van der Waals surface area contributed by atoms with Crippen LogP contribution < -0.4 is 5.32 Å². The number of thiophene rings is 1. The molecule has 106 valence electrons. The van der Waals surface area contributed by atoms with Crippen molar-refractivity contribution in [2.24, 2.45) is 0 Å². The highest BCUT2D eigenvalue weighted by Crippen LogP contribution is 2.38. The Morgan fingerprint density at radius 2 is 2.15 bits per heavy atom. The van der Waals surface area contributed by atoms with E-state index in [1.54, 1.807) is 11.1 Å². The van der Waals surface area contributed by atoms with E-state index in [1.165, 1.54) is 36.8 Å². The van der Waals surface area contributed by atoms with Crippen LogP contribution in [0.25, 0.3) is 0 Å². The van der Waals surface area contributed by atoms with E-state index in [0.717, 1.165) is 0 Å². The number of aryl methyl sites for hydroxylation is 2. The van der Waals surface area contributed by atoms with Gasteiger partial charge in [-0.1, -0.05) is 24.3 Å². The first-order chi connectivity index (χ1) is 9.79. The van der Waals surface area contributed by atoms with Crippen LogP contribution in [0.15, 0.2) is 35.0 Å². The molecule has 1 aliphatic carbocycles. The molecule has 0 saturated heterocycles. The van der Waals surface area contributed by atoms with Crippen molar-refractivity contribution in [1.82, 2.24) is 5.32 Å². The van der Waals surface area contributed by atoms with Crippen LogP contribution in [0, 0.1) is 6.92 Å². The molecule has 0 fully saturated rings. The molecule has 20 heavy (non-hydrogen) atoms. The van der Waals surface area contributed by atoms with Crippen molar-refractivity contribution >= 4 is 11.3 Å². The summed E-state index contributed by atoms with van der Waals surface area (Å²) in [6.07, 6.45) is 5.14. The fourth-order valence-corrected chi connectivity index (χ4v) is 4.42. The van der Waals surface area contributed by atoms with Crippen LogP contribution in [0.1, 0.15) is 53.5 Å². The quantitative estimate of drug-likeness (QED) is 0.848. The number of hydrogen-bond donors (Lipinski definition) is 1. The summed E-state index contributed by atoms with van der Waals surface area (Å²) < 4.78 is 0. The summed E-state index contributed by atoms with van der Waals surface area (Å²) in [6, 6.07) is 9.51. The second-order valence-electron chi connectivity index (χ2n) is 5.88. The maximum Gasteiger partial charge on any atom is 0.0334 e. The molecular weight excluding hydrogens is 262 g/mol. The fourth-order valence-electron chi connectivity index (χ4n) is 3.51. The van der Waals surface area contributed by atoms with Gasteiger partial charge >= 0.3 is 0 Å². The van der Waals surface area contributed by atoms with Gasteiger partial charge in [0.05, 0.1) is 0 Å². The van der Waals surface area contributed by atoms with Crippen LogP contribution in [0.2, 0.25) is 0 Å². The zero-order chi connectivity index (χ0) is 13.9. The van der Waals surface area contributed by atoms with Gasteiger partial charge in [0.2, 0.25) is 0 Å². The molecule has 1 aliphatic rings. The minimum absolute atomic E-state index is 0.484. The third-order valence-corrected chi connectivity index (χ3v) is 5.51. The van der Waals surface area contributed by atoms with E-state index in [1.807, 2.05) is 11.3 Å². The van der Waals surface area contributed by atoms with E-state index in [2.05, 4.69) is 54.3 Å². The van der Waals surface area contributed by atoms with Crippen molar-refractivity contribution in [3.63, 3.8) is 0 Å². The molecule has 1 N–H and O–H groups in total. The Kier molecular flexibility index (Phi) is 4.23. The van der Waals surface area contributed by atoms with Crippen LogP contribution in [-0.2, 0) is 6.42 Å². The van der Waals surface area contributed by atoms with E-state index in [0.29, 0.717) is 12.0 Å². The first kappa shape index (κ1) is 13.8.